The number of fused-ring (bicyclic) bond motifs is 2. The first-order chi connectivity index (χ1) is 67.4. The summed E-state index contributed by atoms with van der Waals surface area (Å²) in [6.07, 6.45) is -5.98. The summed E-state index contributed by atoms with van der Waals surface area (Å²) in [6.45, 7) is 37.1. The van der Waals surface area contributed by atoms with Crippen LogP contribution < -0.4 is 46.1 Å². The van der Waals surface area contributed by atoms with E-state index >= 15 is 0 Å². The van der Waals surface area contributed by atoms with E-state index in [1.165, 1.54) is 0 Å². The molecule has 0 aromatic heterocycles. The zero-order valence-electron chi connectivity index (χ0n) is 86.8. The van der Waals surface area contributed by atoms with Crippen molar-refractivity contribution in [3.8, 4) is 0 Å². The maximum atomic E-state index is 12.6. The third-order valence-electron chi connectivity index (χ3n) is 23.1. The van der Waals surface area contributed by atoms with Crippen molar-refractivity contribution in [2.75, 3.05) is 85.7 Å². The molecular formula is C83H149B10N7O40P5-5. The van der Waals surface area contributed by atoms with Crippen LogP contribution in [0.2, 0.25) is 0 Å². The third-order valence-corrected chi connectivity index (χ3v) is 28.3. The lowest BCUT2D eigenvalue weighted by Crippen LogP contribution is -2.57. The molecule has 7 unspecified atom stereocenters. The smallest absolute Gasteiger partial charge is 0.268 e. The van der Waals surface area contributed by atoms with Gasteiger partial charge in [-0.15, -0.1) is 0 Å². The van der Waals surface area contributed by atoms with E-state index in [2.05, 4.69) is 20.2 Å². The van der Waals surface area contributed by atoms with Crippen LogP contribution in [0.5, 0.6) is 0 Å². The molecule has 47 nitrogen and oxygen atoms in total. The van der Waals surface area contributed by atoms with Crippen LogP contribution >= 0.6 is 39.0 Å². The highest BCUT2D eigenvalue weighted by Gasteiger charge is 2.56. The van der Waals surface area contributed by atoms with Gasteiger partial charge in [-0.05, 0) is 195 Å². The van der Waals surface area contributed by atoms with Crippen molar-refractivity contribution in [2.45, 2.75) is 444 Å². The maximum absolute atomic E-state index is 12.6. The standard InChI is InChI=1S/C17H30B2N3O8P.C17H32B2NO8P.C16H30B2NO8P.C9H17BNO5P.C8H15BNO5P.2C8H15BO3/c1-10(2)25-9-17(8-21-22-20)14(6-16(19)29-17)30-31(23,24)26-7-13-12(27-11(3)4)5-15(18)28-13;1-10(2)23-9-17(8-20)14(6-16(19)27-17)28-29(21,22)24-7-13-12(25-11(3)4)5-15(18)26-13;1-8(2)22-6-12-15(14(19)16(18)26-12)27-28(20,21)23-7-11-10(24-9(3)4)5-13(17)25-11;1-6(2)14-5-9-4-11-17(12,13)16-7(9)3-8(10)15-9;1-4(2)13-3-5-7-6(8(9)14-5)10-16(11,12)15-7;2*1-5(2)11-6-3-8(9)12-7(6)4-10/h10-16H,5-9H2,1-4H3,(H,23,24);10-16H,5-9,20H2,1-4H3,(H,21,22);8-16H,5-7,19H2,1-4H3,(H,20,21);6-8H,3-5H2,1-2H3,(H2,11,12,13);4-8H,3H2,1-2H3,(H2,10,11,12);2*5-8,10H,3-4H2,1-2H3/p-5/t2*12-,13-,14-,15-,16-,17-;10-,11-,12-,13-,14?,15+,16-;7-,8-,9-;5-,6?,7+,8-;2*6-,7-,8-/m1111111/s1. The van der Waals surface area contributed by atoms with Gasteiger partial charge in [-0.3, -0.25) is 27.9 Å². The lowest BCUT2D eigenvalue weighted by atomic mass is 9.91. The molecule has 12 heterocycles. The van der Waals surface area contributed by atoms with Gasteiger partial charge in [0.25, 0.3) is 23.5 Å². The van der Waals surface area contributed by atoms with Crippen molar-refractivity contribution in [3.63, 3.8) is 0 Å². The number of azide groups is 1. The molecule has 12 fully saturated rings. The number of phosphoric acid groups is 3. The Morgan fingerprint density at radius 3 is 1.15 bits per heavy atom. The Balaban J connectivity index is 0.000000266. The number of rotatable bonds is 45. The molecule has 145 heavy (non-hydrogen) atoms. The Hall–Kier alpha value is -0.451. The lowest BCUT2D eigenvalue weighted by molar-refractivity contribution is -0.239. The van der Waals surface area contributed by atoms with E-state index in [9.17, 15) is 47.3 Å². The van der Waals surface area contributed by atoms with Gasteiger partial charge >= 0.3 is 0 Å². The molecule has 12 rings (SSSR count). The number of nitrogens with one attached hydrogen (secondary N) is 2. The van der Waals surface area contributed by atoms with Crippen LogP contribution in [0.15, 0.2) is 5.11 Å². The summed E-state index contributed by atoms with van der Waals surface area (Å²) in [6, 6.07) is -7.21. The van der Waals surface area contributed by atoms with Crippen molar-refractivity contribution in [1.29, 1.82) is 0 Å². The number of aliphatic hydroxyl groups excluding tert-OH is 2. The fourth-order valence-corrected chi connectivity index (χ4v) is 22.1. The van der Waals surface area contributed by atoms with Gasteiger partial charge in [-0.2, -0.15) is 0 Å². The van der Waals surface area contributed by atoms with Crippen molar-refractivity contribution in [3.05, 3.63) is 10.4 Å². The van der Waals surface area contributed by atoms with E-state index in [1.807, 2.05) is 125 Å². The van der Waals surface area contributed by atoms with Gasteiger partial charge in [0.05, 0.1) is 188 Å². The van der Waals surface area contributed by atoms with Gasteiger partial charge in [-0.25, -0.2) is 5.09 Å². The van der Waals surface area contributed by atoms with Crippen LogP contribution in [0.25, 0.3) is 10.4 Å². The highest BCUT2D eigenvalue weighted by Crippen LogP contribution is 2.52. The van der Waals surface area contributed by atoms with Gasteiger partial charge in [-0.1, -0.05) is 5.11 Å². The zero-order valence-corrected chi connectivity index (χ0v) is 91.3. The third kappa shape index (κ3) is 45.5. The Bertz CT molecular complexity index is 4010. The first kappa shape index (κ1) is 133. The summed E-state index contributed by atoms with van der Waals surface area (Å²) in [4.78, 5) is 62.7. The molecule has 20 radical (unpaired) electrons. The first-order valence-electron chi connectivity index (χ1n) is 49.0. The first-order valence-corrected chi connectivity index (χ1v) is 56.5. The topological polar surface area (TPSA) is 624 Å². The molecule has 0 saturated carbocycles. The number of aliphatic hydroxyl groups is 2. The van der Waals surface area contributed by atoms with Gasteiger partial charge in [0.1, 0.15) is 156 Å². The molecule has 8 N–H and O–H groups in total. The minimum Gasteiger partial charge on any atom is -0.766 e. The molecule has 37 atom stereocenters. The second-order valence-corrected chi connectivity index (χ2v) is 46.6. The molecule has 0 spiro atoms. The SMILES string of the molecule is [B][C@@H]1O[C@H](COC(C)C)[C@@H]2OP(=O)([O-])NC12.[B][C@@H]1O[C@H](COC(C)C)[C@H](OP(=O)([O-])OC[C@H]2O[C@@H]([B])C[C@H]2OC(C)C)C1N.[B][C@H]1C[C@@H](OC(C)C)[C@@H](CO)O1.[B][C@H]1C[C@@H](OC(C)C)[C@@H](CO)O1.[B][C@H]1C[C@@H](OC(C)C)[C@@H](COP(=O)([O-])O[C@@H]2C[C@H]([B])O[C@]2(CN)COC(C)C)O1.[B][C@H]1C[C@@H](OC(C)C)[C@@H](COP(=O)([O-])O[C@@H]2C[C@H]([B])O[C@]2(CN=[N+]=[N-])COC(C)C)O1.[B][C@H]1C[C@H]2OP(=O)([O-])NC[C@]2(COC(C)C)O1. The number of hydrogen-bond acceptors (Lipinski definition) is 43. The quantitative estimate of drug-likeness (QED) is 0.0149. The van der Waals surface area contributed by atoms with Crippen LogP contribution in [0, 0.1) is 0 Å². The molecule has 12 aliphatic heterocycles. The molecule has 0 amide bonds. The molecule has 0 aliphatic carbocycles. The average molecular weight is 2150 g/mol. The van der Waals surface area contributed by atoms with E-state index in [4.69, 9.17) is 237 Å². The molecule has 0 bridgehead atoms. The van der Waals surface area contributed by atoms with Gasteiger partial charge in [0, 0.05) is 78.0 Å². The number of hydrogen-bond donors (Lipinski definition) is 6. The second-order valence-electron chi connectivity index (χ2n) is 39.5. The monoisotopic (exact) mass is 2150 g/mol. The van der Waals surface area contributed by atoms with Gasteiger partial charge in [0.2, 0.25) is 15.5 Å². The molecule has 62 heteroatoms. The van der Waals surface area contributed by atoms with E-state index in [0.717, 1.165) is 0 Å². The van der Waals surface area contributed by atoms with Crippen molar-refractivity contribution in [2.24, 2.45) is 16.6 Å². The summed E-state index contributed by atoms with van der Waals surface area (Å²) in [7, 11) is 35.2. The second kappa shape index (κ2) is 61.6. The van der Waals surface area contributed by atoms with Gasteiger partial charge < -0.3 is 177 Å². The van der Waals surface area contributed by atoms with Crippen molar-refractivity contribution >= 4 is 117 Å². The number of nitrogens with two attached hydrogens (primary N) is 2. The van der Waals surface area contributed by atoms with Crippen molar-refractivity contribution in [1.82, 2.24) is 10.2 Å². The number of ether oxygens (including phenoxy) is 20. The summed E-state index contributed by atoms with van der Waals surface area (Å²) in [5, 5.41) is 26.0. The minimum absolute atomic E-state index is 0.0227. The molecule has 0 aromatic carbocycles. The zero-order chi connectivity index (χ0) is 109. The van der Waals surface area contributed by atoms with Crippen LogP contribution in [0.1, 0.15) is 190 Å². The van der Waals surface area contributed by atoms with E-state index in [0.29, 0.717) is 38.5 Å². The molecule has 12 aliphatic rings. The fraction of sp³-hybridized carbons (Fsp3) is 1.00. The number of nitrogens with zero attached hydrogens (tertiary/aromatic N) is 3. The number of phosphoric ester groups is 3. The lowest BCUT2D eigenvalue weighted by Gasteiger charge is -2.43. The van der Waals surface area contributed by atoms with E-state index < -0.39 is 183 Å². The normalized spacial score (nSPS) is 39.1. The Kier molecular flexibility index (Phi) is 56.6. The predicted molar refractivity (Wildman–Crippen MR) is 524 cm³/mol. The fourth-order valence-electron chi connectivity index (χ4n) is 16.7. The predicted octanol–water partition coefficient (Wildman–Crippen LogP) is -0.363. The molecular weight excluding hydrogens is 2000 g/mol. The highest BCUT2D eigenvalue weighted by atomic mass is 31.2. The maximum Gasteiger partial charge on any atom is 0.268 e. The summed E-state index contributed by atoms with van der Waals surface area (Å²) >= 11 is 0. The summed E-state index contributed by atoms with van der Waals surface area (Å²) < 4.78 is 211. The minimum atomic E-state index is -4.81. The van der Waals surface area contributed by atoms with Gasteiger partial charge in [0.15, 0.2) is 0 Å². The van der Waals surface area contributed by atoms with Crippen LogP contribution in [-0.2, 0) is 154 Å². The highest BCUT2D eigenvalue weighted by molar-refractivity contribution is 7.49. The molecule has 12 saturated heterocycles. The average Bonchev–Trinajstić information content (AvgIpc) is 1.56. The Labute approximate surface area is 867 Å². The Morgan fingerprint density at radius 2 is 0.772 bits per heavy atom. The van der Waals surface area contributed by atoms with Crippen LogP contribution in [0.3, 0.4) is 0 Å². The van der Waals surface area contributed by atoms with E-state index in [1.54, 1.807) is 13.8 Å². The van der Waals surface area contributed by atoms with E-state index in [-0.39, 0.29) is 208 Å². The summed E-state index contributed by atoms with van der Waals surface area (Å²) in [5.41, 5.74) is 17.2. The van der Waals surface area contributed by atoms with Crippen LogP contribution in [-0.4, -0.2) is 428 Å². The molecule has 816 valence electrons. The Morgan fingerprint density at radius 1 is 0.428 bits per heavy atom. The van der Waals surface area contributed by atoms with Crippen LogP contribution in [0.4, 0.5) is 0 Å². The van der Waals surface area contributed by atoms with Crippen molar-refractivity contribution < 1.29 is 188 Å². The largest absolute Gasteiger partial charge is 0.766 e. The summed E-state index contributed by atoms with van der Waals surface area (Å²) in [5.74, 6) is 0. The molecule has 0 aromatic rings.